The van der Waals surface area contributed by atoms with Crippen molar-refractivity contribution in [1.29, 1.82) is 0 Å². The third-order valence-corrected chi connectivity index (χ3v) is 4.77. The van der Waals surface area contributed by atoms with E-state index < -0.39 is 0 Å². The Kier molecular flexibility index (Phi) is 5.79. The second-order valence-electron chi connectivity index (χ2n) is 5.94. The molecular weight excluding hydrogens is 266 g/mol. The van der Waals surface area contributed by atoms with Crippen LogP contribution >= 0.6 is 0 Å². The van der Waals surface area contributed by atoms with Crippen molar-refractivity contribution in [2.45, 2.75) is 52.5 Å². The molecular formula is C21H29N. The molecule has 1 aliphatic carbocycles. The summed E-state index contributed by atoms with van der Waals surface area (Å²) >= 11 is 0. The van der Waals surface area contributed by atoms with Crippen LogP contribution in [0.15, 0.2) is 42.5 Å². The van der Waals surface area contributed by atoms with Crippen molar-refractivity contribution in [2.75, 3.05) is 7.05 Å². The summed E-state index contributed by atoms with van der Waals surface area (Å²) in [6.07, 6.45) is 2.44. The standard InChI is InChI=1S/C19H23N.C2H6/c1-13-8-9-15(12-14(13)2)16-10-11-19(20-3)18-7-5-4-6-17(16)18;1-2/h4-9,12,16,19-20H,10-11H2,1-3H3;1-2H3/t16-,19?;/m0./s1. The van der Waals surface area contributed by atoms with Gasteiger partial charge in [0.1, 0.15) is 0 Å². The lowest BCUT2D eigenvalue weighted by atomic mass is 9.76. The quantitative estimate of drug-likeness (QED) is 0.769. The lowest BCUT2D eigenvalue weighted by Crippen LogP contribution is -2.24. The summed E-state index contributed by atoms with van der Waals surface area (Å²) in [5, 5.41) is 3.45. The van der Waals surface area contributed by atoms with Crippen molar-refractivity contribution in [3.63, 3.8) is 0 Å². The maximum Gasteiger partial charge on any atom is 0.0320 e. The van der Waals surface area contributed by atoms with Crippen LogP contribution in [0.5, 0.6) is 0 Å². The molecule has 0 amide bonds. The minimum Gasteiger partial charge on any atom is -0.313 e. The van der Waals surface area contributed by atoms with Crippen molar-refractivity contribution in [3.05, 3.63) is 70.3 Å². The number of rotatable bonds is 2. The fraction of sp³-hybridized carbons (Fsp3) is 0.429. The molecule has 2 aromatic carbocycles. The van der Waals surface area contributed by atoms with Gasteiger partial charge in [0.15, 0.2) is 0 Å². The molecule has 1 nitrogen and oxygen atoms in total. The van der Waals surface area contributed by atoms with E-state index in [2.05, 4.69) is 68.7 Å². The zero-order chi connectivity index (χ0) is 16.1. The lowest BCUT2D eigenvalue weighted by molar-refractivity contribution is 0.471. The number of hydrogen-bond acceptors (Lipinski definition) is 1. The summed E-state index contributed by atoms with van der Waals surface area (Å²) < 4.78 is 0. The van der Waals surface area contributed by atoms with Crippen LogP contribution in [-0.2, 0) is 0 Å². The molecule has 3 rings (SSSR count). The van der Waals surface area contributed by atoms with Crippen molar-refractivity contribution in [2.24, 2.45) is 0 Å². The molecule has 118 valence electrons. The molecule has 0 spiro atoms. The lowest BCUT2D eigenvalue weighted by Gasteiger charge is -2.32. The van der Waals surface area contributed by atoms with Crippen molar-refractivity contribution in [3.8, 4) is 0 Å². The van der Waals surface area contributed by atoms with E-state index in [-0.39, 0.29) is 0 Å². The topological polar surface area (TPSA) is 12.0 Å². The summed E-state index contributed by atoms with van der Waals surface area (Å²) in [6.45, 7) is 8.40. The third-order valence-electron chi connectivity index (χ3n) is 4.77. The normalized spacial score (nSPS) is 19.9. The number of aryl methyl sites for hydroxylation is 2. The molecule has 0 radical (unpaired) electrons. The van der Waals surface area contributed by atoms with Crippen LogP contribution < -0.4 is 5.32 Å². The third kappa shape index (κ3) is 3.25. The zero-order valence-electron chi connectivity index (χ0n) is 14.6. The van der Waals surface area contributed by atoms with E-state index in [4.69, 9.17) is 0 Å². The molecule has 2 aromatic rings. The Bertz CT molecular complexity index is 615. The molecule has 0 bridgehead atoms. The van der Waals surface area contributed by atoms with Gasteiger partial charge in [0.2, 0.25) is 0 Å². The Labute approximate surface area is 135 Å². The van der Waals surface area contributed by atoms with Gasteiger partial charge in [0.25, 0.3) is 0 Å². The summed E-state index contributed by atoms with van der Waals surface area (Å²) in [5.74, 6) is 0.551. The number of hydrogen-bond donors (Lipinski definition) is 1. The van der Waals surface area contributed by atoms with E-state index in [0.717, 1.165) is 0 Å². The molecule has 0 aromatic heterocycles. The predicted octanol–water partition coefficient (Wildman–Crippen LogP) is 5.52. The monoisotopic (exact) mass is 295 g/mol. The molecule has 0 heterocycles. The smallest absolute Gasteiger partial charge is 0.0320 e. The van der Waals surface area contributed by atoms with Crippen LogP contribution in [0.25, 0.3) is 0 Å². The van der Waals surface area contributed by atoms with Crippen LogP contribution in [0.3, 0.4) is 0 Å². The predicted molar refractivity (Wildman–Crippen MR) is 96.6 cm³/mol. The maximum absolute atomic E-state index is 3.45. The minimum absolute atomic E-state index is 0.508. The van der Waals surface area contributed by atoms with Gasteiger partial charge < -0.3 is 5.32 Å². The highest BCUT2D eigenvalue weighted by atomic mass is 14.9. The van der Waals surface area contributed by atoms with Crippen molar-refractivity contribution in [1.82, 2.24) is 5.32 Å². The van der Waals surface area contributed by atoms with Gasteiger partial charge in [-0.25, -0.2) is 0 Å². The van der Waals surface area contributed by atoms with Crippen LogP contribution in [-0.4, -0.2) is 7.05 Å². The second kappa shape index (κ2) is 7.60. The highest BCUT2D eigenvalue weighted by molar-refractivity contribution is 5.43. The molecule has 1 aliphatic rings. The fourth-order valence-corrected chi connectivity index (χ4v) is 3.42. The van der Waals surface area contributed by atoms with E-state index >= 15 is 0 Å². The second-order valence-corrected chi connectivity index (χ2v) is 5.94. The van der Waals surface area contributed by atoms with Crippen LogP contribution in [0, 0.1) is 13.8 Å². The van der Waals surface area contributed by atoms with E-state index in [1.165, 1.54) is 40.7 Å². The van der Waals surface area contributed by atoms with Crippen LogP contribution in [0.4, 0.5) is 0 Å². The van der Waals surface area contributed by atoms with Gasteiger partial charge in [0.05, 0.1) is 0 Å². The van der Waals surface area contributed by atoms with Gasteiger partial charge in [-0.1, -0.05) is 56.3 Å². The minimum atomic E-state index is 0.508. The summed E-state index contributed by atoms with van der Waals surface area (Å²) in [7, 11) is 2.07. The van der Waals surface area contributed by atoms with Gasteiger partial charge >= 0.3 is 0 Å². The first-order chi connectivity index (χ1) is 10.7. The van der Waals surface area contributed by atoms with E-state index in [0.29, 0.717) is 12.0 Å². The van der Waals surface area contributed by atoms with E-state index in [9.17, 15) is 0 Å². The summed E-state index contributed by atoms with van der Waals surface area (Å²) in [6, 6.07) is 16.4. The Hall–Kier alpha value is -1.60. The molecule has 2 atom stereocenters. The van der Waals surface area contributed by atoms with Gasteiger partial charge in [-0.05, 0) is 61.6 Å². The van der Waals surface area contributed by atoms with Crippen LogP contribution in [0.2, 0.25) is 0 Å². The molecule has 1 heteroatoms. The highest BCUT2D eigenvalue weighted by Crippen LogP contribution is 2.41. The first kappa shape index (κ1) is 16.8. The molecule has 0 saturated carbocycles. The summed E-state index contributed by atoms with van der Waals surface area (Å²) in [4.78, 5) is 0. The van der Waals surface area contributed by atoms with E-state index in [1.54, 1.807) is 0 Å². The molecule has 0 fully saturated rings. The van der Waals surface area contributed by atoms with Gasteiger partial charge in [0, 0.05) is 12.0 Å². The van der Waals surface area contributed by atoms with Crippen molar-refractivity contribution >= 4 is 0 Å². The SMILES string of the molecule is CC.CNC1CC[C@@H](c2ccc(C)c(C)c2)c2ccccc21. The first-order valence-electron chi connectivity index (χ1n) is 8.54. The van der Waals surface area contributed by atoms with Gasteiger partial charge in [-0.15, -0.1) is 0 Å². The molecule has 1 N–H and O–H groups in total. The Morgan fingerprint density at radius 1 is 0.864 bits per heavy atom. The van der Waals surface area contributed by atoms with Crippen molar-refractivity contribution < 1.29 is 0 Å². The van der Waals surface area contributed by atoms with E-state index in [1.807, 2.05) is 13.8 Å². The molecule has 0 aliphatic heterocycles. The summed E-state index contributed by atoms with van der Waals surface area (Å²) in [5.41, 5.74) is 7.22. The zero-order valence-corrected chi connectivity index (χ0v) is 14.6. The Balaban J connectivity index is 0.000000847. The first-order valence-corrected chi connectivity index (χ1v) is 8.54. The highest BCUT2D eigenvalue weighted by Gasteiger charge is 2.26. The molecule has 22 heavy (non-hydrogen) atoms. The Morgan fingerprint density at radius 3 is 2.18 bits per heavy atom. The van der Waals surface area contributed by atoms with Gasteiger partial charge in [-0.2, -0.15) is 0 Å². The average molecular weight is 295 g/mol. The number of nitrogens with one attached hydrogen (secondary N) is 1. The molecule has 1 unspecified atom stereocenters. The maximum atomic E-state index is 3.45. The number of fused-ring (bicyclic) bond motifs is 1. The van der Waals surface area contributed by atoms with Gasteiger partial charge in [-0.3, -0.25) is 0 Å². The fourth-order valence-electron chi connectivity index (χ4n) is 3.42. The van der Waals surface area contributed by atoms with Crippen LogP contribution in [0.1, 0.15) is 66.5 Å². The largest absolute Gasteiger partial charge is 0.313 e. The average Bonchev–Trinajstić information content (AvgIpc) is 2.58. The molecule has 0 saturated heterocycles. The Morgan fingerprint density at radius 2 is 1.55 bits per heavy atom. The number of benzene rings is 2.